The zero-order valence-electron chi connectivity index (χ0n) is 17.6. The van der Waals surface area contributed by atoms with Gasteiger partial charge in [0.25, 0.3) is 0 Å². The van der Waals surface area contributed by atoms with Gasteiger partial charge in [-0.15, -0.1) is 0 Å². The van der Waals surface area contributed by atoms with Gasteiger partial charge < -0.3 is 4.90 Å². The van der Waals surface area contributed by atoms with E-state index in [9.17, 15) is 14.4 Å². The molecule has 1 amide bonds. The van der Waals surface area contributed by atoms with Gasteiger partial charge in [-0.25, -0.2) is 0 Å². The maximum atomic E-state index is 13.5. The largest absolute Gasteiger partial charge is 0.333 e. The molecular weight excluding hydrogens is 374 g/mol. The molecule has 4 nitrogen and oxygen atoms in total. The molecule has 0 saturated carbocycles. The monoisotopic (exact) mass is 399 g/mol. The Hall–Kier alpha value is -3.27. The van der Waals surface area contributed by atoms with Crippen LogP contribution in [0.3, 0.4) is 0 Å². The fourth-order valence-electron chi connectivity index (χ4n) is 4.25. The maximum Gasteiger partial charge on any atom is 0.231 e. The first kappa shape index (κ1) is 20.0. The Kier molecular flexibility index (Phi) is 5.25. The molecule has 0 fully saturated rings. The molecule has 0 spiro atoms. The van der Waals surface area contributed by atoms with Gasteiger partial charge in [0.15, 0.2) is 11.6 Å². The van der Waals surface area contributed by atoms with E-state index in [1.54, 1.807) is 18.7 Å². The standard InChI is InChI=1S/C26H25NO3/c1-16-9-11-19(12-10-16)13-21-23-22(24(28)17(2)18(3)25(23)29)15-27(26(21)30)14-20-7-5-4-6-8-20/h4-12,21H,13-15H2,1-3H3. The lowest BCUT2D eigenvalue weighted by Crippen LogP contribution is -2.47. The van der Waals surface area contributed by atoms with E-state index in [1.165, 1.54) is 0 Å². The zero-order chi connectivity index (χ0) is 21.4. The van der Waals surface area contributed by atoms with Crippen LogP contribution in [0.5, 0.6) is 0 Å². The Balaban J connectivity index is 1.75. The Bertz CT molecular complexity index is 1090. The highest BCUT2D eigenvalue weighted by Gasteiger charge is 2.43. The van der Waals surface area contributed by atoms with Gasteiger partial charge in [-0.1, -0.05) is 60.2 Å². The summed E-state index contributed by atoms with van der Waals surface area (Å²) in [6.07, 6.45) is 0.411. The number of carbonyl (C=O) groups excluding carboxylic acids is 3. The van der Waals surface area contributed by atoms with Crippen LogP contribution >= 0.6 is 0 Å². The van der Waals surface area contributed by atoms with Crippen molar-refractivity contribution in [1.29, 1.82) is 0 Å². The molecule has 2 aromatic rings. The molecule has 0 bridgehead atoms. The molecular formula is C26H25NO3. The van der Waals surface area contributed by atoms with Crippen molar-refractivity contribution in [1.82, 2.24) is 4.90 Å². The number of hydrogen-bond acceptors (Lipinski definition) is 3. The molecule has 1 unspecified atom stereocenters. The van der Waals surface area contributed by atoms with E-state index in [0.717, 1.165) is 16.7 Å². The van der Waals surface area contributed by atoms with Crippen molar-refractivity contribution in [3.05, 3.63) is 93.6 Å². The fraction of sp³-hybridized carbons (Fsp3) is 0.269. The lowest BCUT2D eigenvalue weighted by molar-refractivity contribution is -0.137. The van der Waals surface area contributed by atoms with E-state index in [-0.39, 0.29) is 24.0 Å². The van der Waals surface area contributed by atoms with Crippen LogP contribution in [0.4, 0.5) is 0 Å². The van der Waals surface area contributed by atoms with Crippen LogP contribution in [0.25, 0.3) is 0 Å². The number of hydrogen-bond donors (Lipinski definition) is 0. The van der Waals surface area contributed by atoms with Gasteiger partial charge in [0, 0.05) is 28.8 Å². The van der Waals surface area contributed by atoms with Gasteiger partial charge in [0.05, 0.1) is 12.5 Å². The predicted octanol–water partition coefficient (Wildman–Crippen LogP) is 3.98. The second-order valence-electron chi connectivity index (χ2n) is 8.22. The van der Waals surface area contributed by atoms with E-state index in [2.05, 4.69) is 0 Å². The SMILES string of the molecule is CC1=C(C)C(=O)C2=C(CN(Cc3ccccc3)C(=O)C2Cc2ccc(C)cc2)C1=O. The van der Waals surface area contributed by atoms with E-state index in [1.807, 2.05) is 61.5 Å². The molecule has 152 valence electrons. The number of aryl methyl sites for hydroxylation is 1. The number of Topliss-reactive ketones (excluding diaryl/α,β-unsaturated/α-hetero) is 2. The van der Waals surface area contributed by atoms with Gasteiger partial charge in [-0.2, -0.15) is 0 Å². The average Bonchev–Trinajstić information content (AvgIpc) is 2.75. The average molecular weight is 399 g/mol. The predicted molar refractivity (Wildman–Crippen MR) is 116 cm³/mol. The number of rotatable bonds is 4. The summed E-state index contributed by atoms with van der Waals surface area (Å²) in [5, 5.41) is 0. The third-order valence-corrected chi connectivity index (χ3v) is 6.17. The minimum absolute atomic E-state index is 0.0910. The highest BCUT2D eigenvalue weighted by Crippen LogP contribution is 2.36. The third kappa shape index (κ3) is 3.54. The Morgan fingerprint density at radius 1 is 0.800 bits per heavy atom. The number of nitrogens with zero attached hydrogens (tertiary/aromatic N) is 1. The Morgan fingerprint density at radius 2 is 1.43 bits per heavy atom. The summed E-state index contributed by atoms with van der Waals surface area (Å²) in [4.78, 5) is 41.4. The maximum absolute atomic E-state index is 13.5. The van der Waals surface area contributed by atoms with Crippen LogP contribution in [-0.4, -0.2) is 28.9 Å². The molecule has 1 aliphatic heterocycles. The van der Waals surface area contributed by atoms with Crippen LogP contribution in [-0.2, 0) is 27.3 Å². The van der Waals surface area contributed by atoms with Crippen LogP contribution in [0, 0.1) is 12.8 Å². The molecule has 2 aliphatic rings. The first-order valence-corrected chi connectivity index (χ1v) is 10.2. The number of carbonyl (C=O) groups is 3. The highest BCUT2D eigenvalue weighted by atomic mass is 16.2. The summed E-state index contributed by atoms with van der Waals surface area (Å²) in [5.74, 6) is -1.00. The molecule has 0 N–H and O–H groups in total. The summed E-state index contributed by atoms with van der Waals surface area (Å²) in [6.45, 7) is 6.00. The van der Waals surface area contributed by atoms with Crippen LogP contribution < -0.4 is 0 Å². The van der Waals surface area contributed by atoms with Crippen molar-refractivity contribution >= 4 is 17.5 Å². The van der Waals surface area contributed by atoms with E-state index >= 15 is 0 Å². The van der Waals surface area contributed by atoms with Gasteiger partial charge in [-0.3, -0.25) is 14.4 Å². The van der Waals surface area contributed by atoms with Crippen molar-refractivity contribution in [3.8, 4) is 0 Å². The summed E-state index contributed by atoms with van der Waals surface area (Å²) >= 11 is 0. The normalized spacial score (nSPS) is 19.5. The highest BCUT2D eigenvalue weighted by molar-refractivity contribution is 6.27. The zero-order valence-corrected chi connectivity index (χ0v) is 17.6. The molecule has 1 atom stereocenters. The molecule has 0 aromatic heterocycles. The molecule has 4 rings (SSSR count). The molecule has 2 aromatic carbocycles. The minimum Gasteiger partial charge on any atom is -0.333 e. The summed E-state index contributed by atoms with van der Waals surface area (Å²) < 4.78 is 0. The van der Waals surface area contributed by atoms with E-state index in [4.69, 9.17) is 0 Å². The quantitative estimate of drug-likeness (QED) is 0.731. The lowest BCUT2D eigenvalue weighted by Gasteiger charge is -2.37. The first-order chi connectivity index (χ1) is 14.4. The number of amides is 1. The smallest absolute Gasteiger partial charge is 0.231 e. The van der Waals surface area contributed by atoms with Gasteiger partial charge in [0.2, 0.25) is 5.91 Å². The summed E-state index contributed by atoms with van der Waals surface area (Å²) in [6, 6.07) is 17.7. The summed E-state index contributed by atoms with van der Waals surface area (Å²) in [7, 11) is 0. The minimum atomic E-state index is -0.639. The van der Waals surface area contributed by atoms with E-state index < -0.39 is 5.92 Å². The fourth-order valence-corrected chi connectivity index (χ4v) is 4.25. The summed E-state index contributed by atoms with van der Waals surface area (Å²) in [5.41, 5.74) is 4.95. The Labute approximate surface area is 176 Å². The van der Waals surface area contributed by atoms with Crippen molar-refractivity contribution in [2.75, 3.05) is 6.54 Å². The lowest BCUT2D eigenvalue weighted by atomic mass is 9.74. The van der Waals surface area contributed by atoms with Gasteiger partial charge in [0.1, 0.15) is 0 Å². The topological polar surface area (TPSA) is 54.5 Å². The van der Waals surface area contributed by atoms with Crippen molar-refractivity contribution < 1.29 is 14.4 Å². The van der Waals surface area contributed by atoms with Crippen molar-refractivity contribution in [2.45, 2.75) is 33.7 Å². The molecule has 1 aliphatic carbocycles. The van der Waals surface area contributed by atoms with Gasteiger partial charge in [-0.05, 0) is 38.3 Å². The molecule has 0 saturated heterocycles. The van der Waals surface area contributed by atoms with Crippen molar-refractivity contribution in [2.24, 2.45) is 5.92 Å². The second kappa shape index (κ2) is 7.86. The number of ketones is 2. The molecule has 30 heavy (non-hydrogen) atoms. The Morgan fingerprint density at radius 3 is 2.10 bits per heavy atom. The van der Waals surface area contributed by atoms with Crippen LogP contribution in [0.15, 0.2) is 76.9 Å². The number of benzene rings is 2. The second-order valence-corrected chi connectivity index (χ2v) is 8.22. The van der Waals surface area contributed by atoms with E-state index in [0.29, 0.717) is 35.3 Å². The van der Waals surface area contributed by atoms with Crippen molar-refractivity contribution in [3.63, 3.8) is 0 Å². The molecule has 1 heterocycles. The van der Waals surface area contributed by atoms with Gasteiger partial charge >= 0.3 is 0 Å². The van der Waals surface area contributed by atoms with Crippen LogP contribution in [0.2, 0.25) is 0 Å². The first-order valence-electron chi connectivity index (χ1n) is 10.2. The number of allylic oxidation sites excluding steroid dienone is 2. The molecule has 4 heteroatoms. The third-order valence-electron chi connectivity index (χ3n) is 6.17. The van der Waals surface area contributed by atoms with Crippen LogP contribution in [0.1, 0.15) is 30.5 Å². The molecule has 0 radical (unpaired) electrons.